The van der Waals surface area contributed by atoms with E-state index in [-0.39, 0.29) is 0 Å². The molecule has 0 spiro atoms. The number of benzene rings is 1. The Morgan fingerprint density at radius 3 is 2.84 bits per heavy atom. The second kappa shape index (κ2) is 4.76. The van der Waals surface area contributed by atoms with Gasteiger partial charge in [-0.15, -0.1) is 0 Å². The average Bonchev–Trinajstić information content (AvgIpc) is 2.95. The third-order valence-corrected chi connectivity index (χ3v) is 3.23. The van der Waals surface area contributed by atoms with Gasteiger partial charge in [-0.3, -0.25) is 5.10 Å². The summed E-state index contributed by atoms with van der Waals surface area (Å²) in [5, 5.41) is 10.4. The molecule has 0 saturated heterocycles. The van der Waals surface area contributed by atoms with Crippen LogP contribution in [-0.4, -0.2) is 21.7 Å². The molecule has 0 bridgehead atoms. The molecule has 2 heterocycles. The molecule has 0 fully saturated rings. The van der Waals surface area contributed by atoms with Gasteiger partial charge in [0.2, 0.25) is 0 Å². The highest BCUT2D eigenvalue weighted by molar-refractivity contribution is 5.74. The van der Waals surface area contributed by atoms with E-state index in [1.165, 1.54) is 5.56 Å². The first-order valence-electron chi connectivity index (χ1n) is 6.34. The number of anilines is 1. The number of aromatic nitrogens is 3. The molecular weight excluding hydrogens is 240 g/mol. The molecule has 0 saturated carbocycles. The number of rotatable bonds is 4. The monoisotopic (exact) mass is 256 g/mol. The van der Waals surface area contributed by atoms with Gasteiger partial charge in [0, 0.05) is 12.2 Å². The molecule has 5 heteroatoms. The van der Waals surface area contributed by atoms with Gasteiger partial charge in [-0.2, -0.15) is 10.1 Å². The molecule has 0 aliphatic rings. The summed E-state index contributed by atoms with van der Waals surface area (Å²) in [6.07, 6.45) is 0.896. The topological polar surface area (TPSA) is 66.7 Å². The Balaban J connectivity index is 1.66. The molecule has 3 aromatic rings. The number of oxazole rings is 1. The van der Waals surface area contributed by atoms with Crippen molar-refractivity contribution < 1.29 is 4.42 Å². The van der Waals surface area contributed by atoms with E-state index in [0.717, 1.165) is 35.5 Å². The van der Waals surface area contributed by atoms with Crippen LogP contribution in [0, 0.1) is 13.8 Å². The molecule has 1 aromatic carbocycles. The maximum Gasteiger partial charge on any atom is 0.295 e. The summed E-state index contributed by atoms with van der Waals surface area (Å²) >= 11 is 0. The summed E-state index contributed by atoms with van der Waals surface area (Å²) in [4.78, 5) is 4.38. The first-order chi connectivity index (χ1) is 9.24. The van der Waals surface area contributed by atoms with Crippen molar-refractivity contribution in [3.8, 4) is 0 Å². The lowest BCUT2D eigenvalue weighted by Crippen LogP contribution is -2.06. The number of nitrogens with zero attached hydrogens (tertiary/aromatic N) is 2. The molecule has 5 nitrogen and oxygen atoms in total. The minimum absolute atomic E-state index is 0.569. The normalized spacial score (nSPS) is 11.1. The molecule has 0 amide bonds. The van der Waals surface area contributed by atoms with Crippen LogP contribution in [0.4, 0.5) is 6.01 Å². The van der Waals surface area contributed by atoms with Crippen LogP contribution in [0.25, 0.3) is 11.1 Å². The number of fused-ring (bicyclic) bond motifs is 1. The lowest BCUT2D eigenvalue weighted by Gasteiger charge is -2.02. The summed E-state index contributed by atoms with van der Waals surface area (Å²) in [5.74, 6) is 0. The fourth-order valence-corrected chi connectivity index (χ4v) is 2.18. The number of aromatic amines is 1. The van der Waals surface area contributed by atoms with Crippen LogP contribution in [0.3, 0.4) is 0 Å². The van der Waals surface area contributed by atoms with Gasteiger partial charge in [-0.1, -0.05) is 12.1 Å². The number of H-pyrrole nitrogens is 1. The molecule has 19 heavy (non-hydrogen) atoms. The highest BCUT2D eigenvalue weighted by Crippen LogP contribution is 2.18. The fourth-order valence-electron chi connectivity index (χ4n) is 2.18. The third-order valence-electron chi connectivity index (χ3n) is 3.23. The highest BCUT2D eigenvalue weighted by Gasteiger charge is 2.07. The van der Waals surface area contributed by atoms with Crippen LogP contribution in [0.15, 0.2) is 28.7 Å². The number of hydrogen-bond acceptors (Lipinski definition) is 4. The first-order valence-corrected chi connectivity index (χ1v) is 6.34. The number of aryl methyl sites for hydroxylation is 2. The zero-order chi connectivity index (χ0) is 13.2. The van der Waals surface area contributed by atoms with E-state index in [4.69, 9.17) is 4.42 Å². The second-order valence-corrected chi connectivity index (χ2v) is 4.58. The van der Waals surface area contributed by atoms with Crippen LogP contribution in [-0.2, 0) is 6.42 Å². The molecule has 0 aliphatic heterocycles. The molecular formula is C14H16N4O. The van der Waals surface area contributed by atoms with Crippen molar-refractivity contribution in [2.45, 2.75) is 20.3 Å². The van der Waals surface area contributed by atoms with Gasteiger partial charge in [0.15, 0.2) is 5.58 Å². The van der Waals surface area contributed by atoms with Crippen LogP contribution >= 0.6 is 0 Å². The largest absolute Gasteiger partial charge is 0.424 e. The Kier molecular flexibility index (Phi) is 2.95. The minimum Gasteiger partial charge on any atom is -0.424 e. The number of para-hydroxylation sites is 2. The maximum atomic E-state index is 5.60. The number of nitrogens with one attached hydrogen (secondary N) is 2. The van der Waals surface area contributed by atoms with Gasteiger partial charge in [0.1, 0.15) is 5.52 Å². The van der Waals surface area contributed by atoms with Crippen molar-refractivity contribution in [3.63, 3.8) is 0 Å². The summed E-state index contributed by atoms with van der Waals surface area (Å²) in [7, 11) is 0. The zero-order valence-electron chi connectivity index (χ0n) is 11.0. The van der Waals surface area contributed by atoms with E-state index in [1.54, 1.807) is 0 Å². The predicted octanol–water partition coefficient (Wildman–Crippen LogP) is 2.82. The molecule has 2 aromatic heterocycles. The van der Waals surface area contributed by atoms with Gasteiger partial charge in [-0.05, 0) is 38.0 Å². The van der Waals surface area contributed by atoms with Gasteiger partial charge in [-0.25, -0.2) is 0 Å². The van der Waals surface area contributed by atoms with Crippen molar-refractivity contribution in [3.05, 3.63) is 41.2 Å². The lowest BCUT2D eigenvalue weighted by atomic mass is 10.1. The van der Waals surface area contributed by atoms with Crippen LogP contribution in [0.1, 0.15) is 17.0 Å². The zero-order valence-corrected chi connectivity index (χ0v) is 11.0. The van der Waals surface area contributed by atoms with Gasteiger partial charge < -0.3 is 9.73 Å². The lowest BCUT2D eigenvalue weighted by molar-refractivity contribution is 0.614. The molecule has 0 radical (unpaired) electrons. The Morgan fingerprint density at radius 2 is 2.11 bits per heavy atom. The van der Waals surface area contributed by atoms with Crippen LogP contribution in [0.2, 0.25) is 0 Å². The maximum absolute atomic E-state index is 5.60. The Hall–Kier alpha value is -2.30. The summed E-state index contributed by atoms with van der Waals surface area (Å²) in [5.41, 5.74) is 5.11. The fraction of sp³-hybridized carbons (Fsp3) is 0.286. The van der Waals surface area contributed by atoms with Crippen molar-refractivity contribution in [1.82, 2.24) is 15.2 Å². The first kappa shape index (κ1) is 11.8. The van der Waals surface area contributed by atoms with Gasteiger partial charge in [0.05, 0.1) is 5.69 Å². The Bertz CT molecular complexity index is 646. The molecule has 3 rings (SSSR count). The smallest absolute Gasteiger partial charge is 0.295 e. The van der Waals surface area contributed by atoms with Crippen molar-refractivity contribution in [2.75, 3.05) is 11.9 Å². The summed E-state index contributed by atoms with van der Waals surface area (Å²) in [6, 6.07) is 8.31. The molecule has 98 valence electrons. The van der Waals surface area contributed by atoms with Crippen molar-refractivity contribution in [2.24, 2.45) is 0 Å². The van der Waals surface area contributed by atoms with E-state index in [0.29, 0.717) is 6.01 Å². The van der Waals surface area contributed by atoms with Crippen molar-refractivity contribution >= 4 is 17.1 Å². The predicted molar refractivity (Wildman–Crippen MR) is 74.3 cm³/mol. The van der Waals surface area contributed by atoms with E-state index >= 15 is 0 Å². The minimum atomic E-state index is 0.569. The van der Waals surface area contributed by atoms with Crippen molar-refractivity contribution in [1.29, 1.82) is 0 Å². The SMILES string of the molecule is Cc1n[nH]c(C)c1CCNc1nc2ccccc2o1. The van der Waals surface area contributed by atoms with E-state index in [1.807, 2.05) is 38.1 Å². The van der Waals surface area contributed by atoms with E-state index in [9.17, 15) is 0 Å². The van der Waals surface area contributed by atoms with Crippen LogP contribution < -0.4 is 5.32 Å². The molecule has 0 aliphatic carbocycles. The van der Waals surface area contributed by atoms with E-state index in [2.05, 4.69) is 20.5 Å². The molecule has 0 atom stereocenters. The third kappa shape index (κ3) is 2.31. The standard InChI is InChI=1S/C14H16N4O/c1-9-11(10(2)18-17-9)7-8-15-14-16-12-5-3-4-6-13(12)19-14/h3-6H,7-8H2,1-2H3,(H,15,16)(H,17,18). The quantitative estimate of drug-likeness (QED) is 0.753. The van der Waals surface area contributed by atoms with Gasteiger partial charge in [0.25, 0.3) is 6.01 Å². The number of hydrogen-bond donors (Lipinski definition) is 2. The Labute approximate surface area is 111 Å². The van der Waals surface area contributed by atoms with Gasteiger partial charge >= 0.3 is 0 Å². The average molecular weight is 256 g/mol. The van der Waals surface area contributed by atoms with Crippen LogP contribution in [0.5, 0.6) is 0 Å². The molecule has 0 unspecified atom stereocenters. The summed E-state index contributed by atoms with van der Waals surface area (Å²) in [6.45, 7) is 4.82. The molecule has 2 N–H and O–H groups in total. The Morgan fingerprint density at radius 1 is 1.26 bits per heavy atom. The highest BCUT2D eigenvalue weighted by atomic mass is 16.4. The second-order valence-electron chi connectivity index (χ2n) is 4.58. The summed E-state index contributed by atoms with van der Waals surface area (Å²) < 4.78 is 5.60. The van der Waals surface area contributed by atoms with E-state index < -0.39 is 0 Å².